The summed E-state index contributed by atoms with van der Waals surface area (Å²) in [6, 6.07) is 0. The zero-order chi connectivity index (χ0) is 11.6. The minimum absolute atomic E-state index is 0.420. The molecule has 1 heterocycles. The summed E-state index contributed by atoms with van der Waals surface area (Å²) < 4.78 is 37.7. The van der Waals surface area contributed by atoms with Gasteiger partial charge >= 0.3 is 5.97 Å². The Bertz CT molecular complexity index is 396. The average Bonchev–Trinajstić information content (AvgIpc) is 2.10. The lowest BCUT2D eigenvalue weighted by Crippen LogP contribution is -2.10. The number of halogens is 3. The standard InChI is InChI=1S/C8H7F3N2O2/c9-3-2-13-4(1-5(14)15)6(7(3)12)8(10)11/h2,8H,1H2,(H2,12,13)(H,14,15). The third-order valence-corrected chi connectivity index (χ3v) is 1.73. The van der Waals surface area contributed by atoms with E-state index in [1.807, 2.05) is 0 Å². The Labute approximate surface area is 82.5 Å². The van der Waals surface area contributed by atoms with Gasteiger partial charge < -0.3 is 10.8 Å². The van der Waals surface area contributed by atoms with Crippen LogP contribution in [0.3, 0.4) is 0 Å². The highest BCUT2D eigenvalue weighted by molar-refractivity contribution is 5.71. The average molecular weight is 220 g/mol. The summed E-state index contributed by atoms with van der Waals surface area (Å²) in [7, 11) is 0. The van der Waals surface area contributed by atoms with E-state index in [4.69, 9.17) is 10.8 Å². The van der Waals surface area contributed by atoms with Crippen LogP contribution in [0, 0.1) is 5.82 Å². The Morgan fingerprint density at radius 1 is 1.60 bits per heavy atom. The van der Waals surface area contributed by atoms with Crippen LogP contribution in [0.4, 0.5) is 18.9 Å². The first-order valence-corrected chi connectivity index (χ1v) is 3.86. The summed E-state index contributed by atoms with van der Waals surface area (Å²) in [6.07, 6.45) is -3.15. The van der Waals surface area contributed by atoms with Gasteiger partial charge in [0, 0.05) is 0 Å². The van der Waals surface area contributed by atoms with Gasteiger partial charge in [-0.05, 0) is 0 Å². The molecule has 1 aromatic rings. The van der Waals surface area contributed by atoms with Crippen LogP contribution in [0.1, 0.15) is 17.7 Å². The third-order valence-electron chi connectivity index (χ3n) is 1.73. The second-order valence-electron chi connectivity index (χ2n) is 2.75. The number of carboxylic acid groups (broad SMARTS) is 1. The number of aliphatic carboxylic acids is 1. The molecule has 0 aromatic carbocycles. The molecule has 0 fully saturated rings. The van der Waals surface area contributed by atoms with E-state index in [0.717, 1.165) is 0 Å². The molecule has 1 aromatic heterocycles. The number of hydrogen-bond donors (Lipinski definition) is 2. The van der Waals surface area contributed by atoms with Crippen molar-refractivity contribution in [2.45, 2.75) is 12.8 Å². The van der Waals surface area contributed by atoms with Gasteiger partial charge in [-0.3, -0.25) is 9.78 Å². The van der Waals surface area contributed by atoms with Crippen molar-refractivity contribution in [3.63, 3.8) is 0 Å². The molecule has 15 heavy (non-hydrogen) atoms. The lowest BCUT2D eigenvalue weighted by molar-refractivity contribution is -0.136. The molecule has 4 nitrogen and oxygen atoms in total. The maximum atomic E-state index is 12.8. The lowest BCUT2D eigenvalue weighted by Gasteiger charge is -2.09. The molecule has 3 N–H and O–H groups in total. The molecule has 1 rings (SSSR count). The van der Waals surface area contributed by atoms with Gasteiger partial charge in [-0.1, -0.05) is 0 Å². The van der Waals surface area contributed by atoms with Crippen LogP contribution in [0.25, 0.3) is 0 Å². The maximum Gasteiger partial charge on any atom is 0.309 e. The van der Waals surface area contributed by atoms with Gasteiger partial charge in [0.1, 0.15) is 0 Å². The molecule has 0 spiro atoms. The molecule has 0 aliphatic rings. The minimum Gasteiger partial charge on any atom is -0.481 e. The first-order valence-electron chi connectivity index (χ1n) is 3.86. The number of carbonyl (C=O) groups is 1. The fourth-order valence-electron chi connectivity index (χ4n) is 1.09. The number of anilines is 1. The van der Waals surface area contributed by atoms with Gasteiger partial charge in [-0.2, -0.15) is 0 Å². The van der Waals surface area contributed by atoms with E-state index in [0.29, 0.717) is 6.20 Å². The zero-order valence-electron chi connectivity index (χ0n) is 7.38. The first kappa shape index (κ1) is 11.3. The molecule has 0 unspecified atom stereocenters. The molecule has 0 aliphatic carbocycles. The fourth-order valence-corrected chi connectivity index (χ4v) is 1.09. The monoisotopic (exact) mass is 220 g/mol. The third kappa shape index (κ3) is 2.36. The van der Waals surface area contributed by atoms with E-state index in [-0.39, 0.29) is 0 Å². The number of nitrogens with zero attached hydrogens (tertiary/aromatic N) is 1. The molecule has 7 heteroatoms. The van der Waals surface area contributed by atoms with Crippen molar-refractivity contribution in [3.05, 3.63) is 23.3 Å². The van der Waals surface area contributed by atoms with Crippen LogP contribution in [0.2, 0.25) is 0 Å². The Balaban J connectivity index is 3.26. The summed E-state index contributed by atoms with van der Waals surface area (Å²) in [5.41, 5.74) is 3.05. The second-order valence-corrected chi connectivity index (χ2v) is 2.75. The normalized spacial score (nSPS) is 10.7. The fraction of sp³-hybridized carbons (Fsp3) is 0.250. The molecule has 82 valence electrons. The van der Waals surface area contributed by atoms with E-state index in [2.05, 4.69) is 4.98 Å². The van der Waals surface area contributed by atoms with E-state index in [1.54, 1.807) is 0 Å². The molecule has 0 amide bonds. The van der Waals surface area contributed by atoms with Crippen molar-refractivity contribution in [2.75, 3.05) is 5.73 Å². The highest BCUT2D eigenvalue weighted by Crippen LogP contribution is 2.29. The Kier molecular flexibility index (Phi) is 3.13. The van der Waals surface area contributed by atoms with Gasteiger partial charge in [0.15, 0.2) is 5.82 Å². The summed E-state index contributed by atoms with van der Waals surface area (Å²) in [4.78, 5) is 13.6. The van der Waals surface area contributed by atoms with Gasteiger partial charge in [0.2, 0.25) is 0 Å². The maximum absolute atomic E-state index is 12.8. The van der Waals surface area contributed by atoms with Crippen molar-refractivity contribution >= 4 is 11.7 Å². The number of carboxylic acids is 1. The minimum atomic E-state index is -3.05. The number of aromatic nitrogens is 1. The smallest absolute Gasteiger partial charge is 0.309 e. The number of rotatable bonds is 3. The Morgan fingerprint density at radius 2 is 2.20 bits per heavy atom. The molecular formula is C8H7F3N2O2. The Morgan fingerprint density at radius 3 is 2.67 bits per heavy atom. The van der Waals surface area contributed by atoms with Crippen molar-refractivity contribution in [1.29, 1.82) is 0 Å². The highest BCUT2D eigenvalue weighted by Gasteiger charge is 2.22. The van der Waals surface area contributed by atoms with Gasteiger partial charge in [0.05, 0.1) is 29.6 Å². The van der Waals surface area contributed by atoms with Crippen LogP contribution < -0.4 is 5.73 Å². The number of alkyl halides is 2. The van der Waals surface area contributed by atoms with Crippen molar-refractivity contribution < 1.29 is 23.1 Å². The Hall–Kier alpha value is -1.79. The van der Waals surface area contributed by atoms with E-state index >= 15 is 0 Å². The summed E-state index contributed by atoms with van der Waals surface area (Å²) >= 11 is 0. The second kappa shape index (κ2) is 4.16. The number of nitrogens with two attached hydrogens (primary N) is 1. The van der Waals surface area contributed by atoms with Crippen molar-refractivity contribution in [3.8, 4) is 0 Å². The number of hydrogen-bond acceptors (Lipinski definition) is 3. The summed E-state index contributed by atoms with van der Waals surface area (Å²) in [5.74, 6) is -2.42. The highest BCUT2D eigenvalue weighted by atomic mass is 19.3. The van der Waals surface area contributed by atoms with E-state index in [9.17, 15) is 18.0 Å². The topological polar surface area (TPSA) is 76.2 Å². The quantitative estimate of drug-likeness (QED) is 0.806. The molecule has 0 bridgehead atoms. The van der Waals surface area contributed by atoms with Gasteiger partial charge in [-0.25, -0.2) is 13.2 Å². The SMILES string of the molecule is Nc1c(F)cnc(CC(=O)O)c1C(F)F. The zero-order valence-corrected chi connectivity index (χ0v) is 7.38. The van der Waals surface area contributed by atoms with E-state index < -0.39 is 41.6 Å². The van der Waals surface area contributed by atoms with Gasteiger partial charge in [0.25, 0.3) is 6.43 Å². The van der Waals surface area contributed by atoms with Crippen LogP contribution in [-0.4, -0.2) is 16.1 Å². The predicted molar refractivity (Wildman–Crippen MR) is 44.9 cm³/mol. The van der Waals surface area contributed by atoms with E-state index in [1.165, 1.54) is 0 Å². The number of nitrogen functional groups attached to an aromatic ring is 1. The summed E-state index contributed by atoms with van der Waals surface area (Å²) in [5, 5.41) is 8.41. The lowest BCUT2D eigenvalue weighted by atomic mass is 10.1. The van der Waals surface area contributed by atoms with Crippen LogP contribution in [0.5, 0.6) is 0 Å². The molecule has 0 atom stereocenters. The molecule has 0 saturated carbocycles. The largest absolute Gasteiger partial charge is 0.481 e. The summed E-state index contributed by atoms with van der Waals surface area (Å²) in [6.45, 7) is 0. The predicted octanol–water partition coefficient (Wildman–Crippen LogP) is 1.37. The molecular weight excluding hydrogens is 213 g/mol. The molecule has 0 radical (unpaired) electrons. The van der Waals surface area contributed by atoms with Crippen molar-refractivity contribution in [2.24, 2.45) is 0 Å². The first-order chi connectivity index (χ1) is 6.93. The van der Waals surface area contributed by atoms with Crippen LogP contribution in [0.15, 0.2) is 6.20 Å². The van der Waals surface area contributed by atoms with Crippen LogP contribution >= 0.6 is 0 Å². The van der Waals surface area contributed by atoms with Gasteiger partial charge in [-0.15, -0.1) is 0 Å². The van der Waals surface area contributed by atoms with Crippen LogP contribution in [-0.2, 0) is 11.2 Å². The number of pyridine rings is 1. The molecule has 0 aliphatic heterocycles. The molecule has 0 saturated heterocycles. The van der Waals surface area contributed by atoms with Crippen molar-refractivity contribution in [1.82, 2.24) is 4.98 Å².